The Morgan fingerprint density at radius 3 is 2.36 bits per heavy atom. The second-order valence-electron chi connectivity index (χ2n) is 1.89. The van der Waals surface area contributed by atoms with E-state index in [0.29, 0.717) is 0 Å². The van der Waals surface area contributed by atoms with E-state index >= 15 is 0 Å². The molecule has 0 fully saturated rings. The first-order valence-corrected chi connectivity index (χ1v) is 2.91. The topological polar surface area (TPSA) is 52.3 Å². The van der Waals surface area contributed by atoms with E-state index in [4.69, 9.17) is 0 Å². The first kappa shape index (κ1) is 10.1. The van der Waals surface area contributed by atoms with Gasteiger partial charge in [-0.1, -0.05) is 0 Å². The fourth-order valence-electron chi connectivity index (χ4n) is 0.445. The zero-order valence-corrected chi connectivity index (χ0v) is 5.65. The lowest BCUT2D eigenvalue weighted by Gasteiger charge is -2.04. The second-order valence-corrected chi connectivity index (χ2v) is 1.89. The van der Waals surface area contributed by atoms with E-state index in [1.807, 2.05) is 0 Å². The summed E-state index contributed by atoms with van der Waals surface area (Å²) in [5.74, 6) is 0. The van der Waals surface area contributed by atoms with Gasteiger partial charge >= 0.3 is 12.3 Å². The van der Waals surface area contributed by atoms with Gasteiger partial charge < -0.3 is 10.5 Å². The Kier molecular flexibility index (Phi) is 3.70. The molecular formula is C5H8F3NO2. The van der Waals surface area contributed by atoms with Crippen molar-refractivity contribution in [3.05, 3.63) is 0 Å². The molecule has 0 spiro atoms. The van der Waals surface area contributed by atoms with Crippen molar-refractivity contribution in [2.75, 3.05) is 6.61 Å². The Bertz CT molecular complexity index is 134. The van der Waals surface area contributed by atoms with Crippen molar-refractivity contribution < 1.29 is 22.7 Å². The number of carbonyl (C=O) groups excluding carboxylic acids is 1. The van der Waals surface area contributed by atoms with E-state index in [9.17, 15) is 18.0 Å². The Morgan fingerprint density at radius 2 is 2.00 bits per heavy atom. The van der Waals surface area contributed by atoms with Crippen LogP contribution in [-0.4, -0.2) is 18.9 Å². The molecule has 3 nitrogen and oxygen atoms in total. The lowest BCUT2D eigenvalue weighted by Crippen LogP contribution is -2.15. The fourth-order valence-corrected chi connectivity index (χ4v) is 0.445. The van der Waals surface area contributed by atoms with Gasteiger partial charge in [0.2, 0.25) is 0 Å². The molecule has 2 N–H and O–H groups in total. The predicted octanol–water partition coefficient (Wildman–Crippen LogP) is 1.42. The molecule has 0 heterocycles. The van der Waals surface area contributed by atoms with E-state index < -0.39 is 18.7 Å². The summed E-state index contributed by atoms with van der Waals surface area (Å²) in [5.41, 5.74) is 4.50. The van der Waals surface area contributed by atoms with Gasteiger partial charge in [0.05, 0.1) is 6.61 Å². The number of amides is 1. The second kappa shape index (κ2) is 4.05. The number of hydrogen-bond acceptors (Lipinski definition) is 2. The van der Waals surface area contributed by atoms with Crippen molar-refractivity contribution in [3.8, 4) is 0 Å². The first-order chi connectivity index (χ1) is 4.92. The number of alkyl halides is 3. The number of hydrogen-bond donors (Lipinski definition) is 1. The molecule has 0 rings (SSSR count). The van der Waals surface area contributed by atoms with Crippen LogP contribution in [0.2, 0.25) is 0 Å². The molecule has 11 heavy (non-hydrogen) atoms. The zero-order chi connectivity index (χ0) is 8.91. The van der Waals surface area contributed by atoms with Gasteiger partial charge in [-0.25, -0.2) is 4.79 Å². The van der Waals surface area contributed by atoms with Gasteiger partial charge in [-0.05, 0) is 6.42 Å². The van der Waals surface area contributed by atoms with Crippen molar-refractivity contribution in [3.63, 3.8) is 0 Å². The minimum atomic E-state index is -4.19. The largest absolute Gasteiger partial charge is 0.450 e. The van der Waals surface area contributed by atoms with E-state index in [0.717, 1.165) is 0 Å². The van der Waals surface area contributed by atoms with Crippen LogP contribution >= 0.6 is 0 Å². The molecule has 6 heteroatoms. The maximum atomic E-state index is 11.4. The zero-order valence-electron chi connectivity index (χ0n) is 5.65. The van der Waals surface area contributed by atoms with Crippen LogP contribution in [0.25, 0.3) is 0 Å². The smallest absolute Gasteiger partial charge is 0.404 e. The summed E-state index contributed by atoms with van der Waals surface area (Å²) in [4.78, 5) is 9.84. The summed E-state index contributed by atoms with van der Waals surface area (Å²) in [7, 11) is 0. The highest BCUT2D eigenvalue weighted by atomic mass is 19.4. The van der Waals surface area contributed by atoms with E-state index in [2.05, 4.69) is 10.5 Å². The van der Waals surface area contributed by atoms with E-state index in [1.54, 1.807) is 0 Å². The van der Waals surface area contributed by atoms with Gasteiger partial charge in [0.1, 0.15) is 0 Å². The van der Waals surface area contributed by atoms with Crippen molar-refractivity contribution in [2.24, 2.45) is 5.73 Å². The van der Waals surface area contributed by atoms with Crippen LogP contribution in [0.15, 0.2) is 0 Å². The molecule has 0 aliphatic carbocycles. The molecule has 0 saturated carbocycles. The number of nitrogens with two attached hydrogens (primary N) is 1. The van der Waals surface area contributed by atoms with Crippen molar-refractivity contribution in [1.29, 1.82) is 0 Å². The molecule has 0 aromatic rings. The number of ether oxygens (including phenoxy) is 1. The molecule has 0 radical (unpaired) electrons. The molecule has 0 saturated heterocycles. The SMILES string of the molecule is NC(=O)OCCCC(F)(F)F. The van der Waals surface area contributed by atoms with Crippen LogP contribution in [0.3, 0.4) is 0 Å². The van der Waals surface area contributed by atoms with Crippen molar-refractivity contribution >= 4 is 6.09 Å². The summed E-state index contributed by atoms with van der Waals surface area (Å²) in [5, 5.41) is 0. The van der Waals surface area contributed by atoms with Crippen LogP contribution in [0.5, 0.6) is 0 Å². The molecule has 0 bridgehead atoms. The van der Waals surface area contributed by atoms with Crippen LogP contribution in [0, 0.1) is 0 Å². The van der Waals surface area contributed by atoms with Crippen LogP contribution in [0.1, 0.15) is 12.8 Å². The summed E-state index contributed by atoms with van der Waals surface area (Å²) >= 11 is 0. The summed E-state index contributed by atoms with van der Waals surface area (Å²) in [6, 6.07) is 0. The molecule has 0 atom stereocenters. The Morgan fingerprint density at radius 1 is 1.45 bits per heavy atom. The number of carbonyl (C=O) groups is 1. The minimum Gasteiger partial charge on any atom is -0.450 e. The van der Waals surface area contributed by atoms with E-state index in [-0.39, 0.29) is 13.0 Å². The molecule has 0 aromatic heterocycles. The average Bonchev–Trinajstić information content (AvgIpc) is 1.78. The third-order valence-electron chi connectivity index (χ3n) is 0.849. The van der Waals surface area contributed by atoms with Crippen molar-refractivity contribution in [1.82, 2.24) is 0 Å². The summed E-state index contributed by atoms with van der Waals surface area (Å²) < 4.78 is 38.3. The molecule has 0 aromatic carbocycles. The number of halogens is 3. The third kappa shape index (κ3) is 9.06. The van der Waals surface area contributed by atoms with Gasteiger partial charge in [0.25, 0.3) is 0 Å². The van der Waals surface area contributed by atoms with Gasteiger partial charge in [0.15, 0.2) is 0 Å². The first-order valence-electron chi connectivity index (χ1n) is 2.91. The summed E-state index contributed by atoms with van der Waals surface area (Å²) in [6.45, 7) is -0.283. The quantitative estimate of drug-likeness (QED) is 0.653. The van der Waals surface area contributed by atoms with E-state index in [1.165, 1.54) is 0 Å². The van der Waals surface area contributed by atoms with Crippen LogP contribution in [0.4, 0.5) is 18.0 Å². The average molecular weight is 171 g/mol. The Hall–Kier alpha value is -0.940. The molecule has 0 aliphatic rings. The molecule has 0 unspecified atom stereocenters. The highest BCUT2D eigenvalue weighted by Gasteiger charge is 2.26. The molecule has 66 valence electrons. The predicted molar refractivity (Wildman–Crippen MR) is 30.8 cm³/mol. The van der Waals surface area contributed by atoms with Crippen molar-refractivity contribution in [2.45, 2.75) is 19.0 Å². The minimum absolute atomic E-state index is 0.244. The Labute approximate surface area is 61.3 Å². The van der Waals surface area contributed by atoms with Crippen LogP contribution in [-0.2, 0) is 4.74 Å². The highest BCUT2D eigenvalue weighted by molar-refractivity contribution is 5.64. The lowest BCUT2D eigenvalue weighted by atomic mass is 10.3. The third-order valence-corrected chi connectivity index (χ3v) is 0.849. The maximum Gasteiger partial charge on any atom is 0.404 e. The highest BCUT2D eigenvalue weighted by Crippen LogP contribution is 2.20. The number of rotatable bonds is 3. The molecular weight excluding hydrogens is 163 g/mol. The standard InChI is InChI=1S/C5H8F3NO2/c6-5(7,8)2-1-3-11-4(9)10/h1-3H2,(H2,9,10). The number of primary amides is 1. The fraction of sp³-hybridized carbons (Fsp3) is 0.800. The summed E-state index contributed by atoms with van der Waals surface area (Å²) in [6.07, 6.45) is -6.44. The lowest BCUT2D eigenvalue weighted by molar-refractivity contribution is -0.137. The monoisotopic (exact) mass is 171 g/mol. The van der Waals surface area contributed by atoms with Crippen LogP contribution < -0.4 is 5.73 Å². The molecule has 0 aliphatic heterocycles. The van der Waals surface area contributed by atoms with Gasteiger partial charge in [-0.3, -0.25) is 0 Å². The molecule has 1 amide bonds. The van der Waals surface area contributed by atoms with Gasteiger partial charge in [-0.2, -0.15) is 13.2 Å². The maximum absolute atomic E-state index is 11.4. The Balaban J connectivity index is 3.22. The van der Waals surface area contributed by atoms with Gasteiger partial charge in [0, 0.05) is 6.42 Å². The normalized spacial score (nSPS) is 11.2. The van der Waals surface area contributed by atoms with Gasteiger partial charge in [-0.15, -0.1) is 0 Å².